The van der Waals surface area contributed by atoms with Gasteiger partial charge in [0, 0.05) is 18.5 Å². The number of aryl methyl sites for hydroxylation is 1. The maximum absolute atomic E-state index is 13.6. The topological polar surface area (TPSA) is 88.5 Å². The molecule has 6 nitrogen and oxygen atoms in total. The van der Waals surface area contributed by atoms with E-state index < -0.39 is 12.1 Å². The Labute approximate surface area is 225 Å². The number of hydrogen-bond donors (Lipinski definition) is 2. The third-order valence-corrected chi connectivity index (χ3v) is 7.13. The number of halogens is 1. The van der Waals surface area contributed by atoms with Crippen LogP contribution in [0.1, 0.15) is 40.3 Å². The molecule has 0 radical (unpaired) electrons. The largest absolute Gasteiger partial charge is 0.479 e. The third kappa shape index (κ3) is 6.70. The maximum atomic E-state index is 13.6. The molecule has 196 valence electrons. The van der Waals surface area contributed by atoms with Crippen LogP contribution in [0.4, 0.5) is 4.39 Å². The second-order valence-electron chi connectivity index (χ2n) is 9.20. The number of thiazole rings is 1. The number of benzene rings is 3. The van der Waals surface area contributed by atoms with E-state index in [1.54, 1.807) is 26.0 Å². The Morgan fingerprint density at radius 3 is 2.39 bits per heavy atom. The van der Waals surface area contributed by atoms with E-state index >= 15 is 0 Å². The minimum absolute atomic E-state index is 0.173. The normalized spacial score (nSPS) is 11.9. The molecule has 0 bridgehead atoms. The summed E-state index contributed by atoms with van der Waals surface area (Å²) in [4.78, 5) is 30.0. The fraction of sp³-hybridized carbons (Fsp3) is 0.233. The van der Waals surface area contributed by atoms with Gasteiger partial charge in [0.1, 0.15) is 15.7 Å². The number of carboxylic acid groups (broad SMARTS) is 1. The zero-order valence-electron chi connectivity index (χ0n) is 21.4. The number of carbonyl (C=O) groups excluding carboxylic acids is 1. The van der Waals surface area contributed by atoms with Crippen molar-refractivity contribution in [3.05, 3.63) is 100 Å². The number of carbonyl (C=O) groups is 2. The van der Waals surface area contributed by atoms with Crippen LogP contribution < -0.4 is 5.32 Å². The minimum Gasteiger partial charge on any atom is -0.479 e. The summed E-state index contributed by atoms with van der Waals surface area (Å²) in [6, 6.07) is 21.4. The molecule has 2 N–H and O–H groups in total. The Balaban J connectivity index is 1.60. The van der Waals surface area contributed by atoms with E-state index in [2.05, 4.69) is 10.3 Å². The van der Waals surface area contributed by atoms with Crippen LogP contribution in [0.2, 0.25) is 0 Å². The van der Waals surface area contributed by atoms with Gasteiger partial charge in [0.2, 0.25) is 0 Å². The zero-order valence-corrected chi connectivity index (χ0v) is 22.2. The highest BCUT2D eigenvalue weighted by molar-refractivity contribution is 7.17. The number of hydrogen-bond acceptors (Lipinski definition) is 5. The molecule has 0 saturated carbocycles. The van der Waals surface area contributed by atoms with Crippen LogP contribution in [0.3, 0.4) is 0 Å². The summed E-state index contributed by atoms with van der Waals surface area (Å²) in [6.45, 7) is 5.58. The highest BCUT2D eigenvalue weighted by atomic mass is 32.1. The Morgan fingerprint density at radius 1 is 1.03 bits per heavy atom. The van der Waals surface area contributed by atoms with Crippen molar-refractivity contribution in [3.8, 4) is 21.7 Å². The Bertz CT molecular complexity index is 1420. The lowest BCUT2D eigenvalue weighted by atomic mass is 9.95. The highest BCUT2D eigenvalue weighted by Crippen LogP contribution is 2.29. The van der Waals surface area contributed by atoms with E-state index in [0.717, 1.165) is 32.8 Å². The molecule has 0 aliphatic carbocycles. The average molecular weight is 533 g/mol. The number of aliphatic carboxylic acids is 1. The lowest BCUT2D eigenvalue weighted by Crippen LogP contribution is -2.29. The molecule has 1 aromatic heterocycles. The lowest BCUT2D eigenvalue weighted by Gasteiger charge is -2.18. The van der Waals surface area contributed by atoms with Gasteiger partial charge in [-0.1, -0.05) is 60.7 Å². The molecule has 0 aliphatic heterocycles. The molecule has 3 aromatic carbocycles. The van der Waals surface area contributed by atoms with Gasteiger partial charge >= 0.3 is 5.97 Å². The first kappa shape index (κ1) is 27.2. The van der Waals surface area contributed by atoms with Gasteiger partial charge in [0.15, 0.2) is 6.10 Å². The molecule has 1 unspecified atom stereocenters. The zero-order chi connectivity index (χ0) is 27.2. The molecule has 0 saturated heterocycles. The first-order valence-electron chi connectivity index (χ1n) is 12.3. The predicted molar refractivity (Wildman–Crippen MR) is 147 cm³/mol. The summed E-state index contributed by atoms with van der Waals surface area (Å²) in [5.41, 5.74) is 4.74. The van der Waals surface area contributed by atoms with Gasteiger partial charge in [-0.15, -0.1) is 11.3 Å². The average Bonchev–Trinajstić information content (AvgIpc) is 3.29. The van der Waals surface area contributed by atoms with E-state index in [4.69, 9.17) is 4.74 Å². The van der Waals surface area contributed by atoms with Crippen LogP contribution in [0.5, 0.6) is 0 Å². The number of carboxylic acids is 1. The van der Waals surface area contributed by atoms with Crippen molar-refractivity contribution in [1.29, 1.82) is 0 Å². The summed E-state index contributed by atoms with van der Waals surface area (Å²) in [5, 5.41) is 13.4. The van der Waals surface area contributed by atoms with Crippen molar-refractivity contribution in [1.82, 2.24) is 10.3 Å². The number of nitrogens with zero attached hydrogens (tertiary/aromatic N) is 1. The van der Waals surface area contributed by atoms with Crippen molar-refractivity contribution in [2.75, 3.05) is 0 Å². The van der Waals surface area contributed by atoms with Crippen molar-refractivity contribution < 1.29 is 23.8 Å². The van der Waals surface area contributed by atoms with Crippen LogP contribution in [0.15, 0.2) is 72.8 Å². The number of aromatic nitrogens is 1. The van der Waals surface area contributed by atoms with E-state index in [0.29, 0.717) is 10.6 Å². The van der Waals surface area contributed by atoms with Crippen LogP contribution in [-0.2, 0) is 22.5 Å². The molecule has 0 aliphatic rings. The Hall–Kier alpha value is -3.88. The second-order valence-corrected chi connectivity index (χ2v) is 10.2. The highest BCUT2D eigenvalue weighted by Gasteiger charge is 2.21. The third-order valence-electron chi connectivity index (χ3n) is 5.92. The predicted octanol–water partition coefficient (Wildman–Crippen LogP) is 6.28. The van der Waals surface area contributed by atoms with E-state index in [1.807, 2.05) is 55.5 Å². The second kappa shape index (κ2) is 12.1. The number of nitrogens with one attached hydrogen (secondary N) is 1. The molecule has 4 rings (SSSR count). The van der Waals surface area contributed by atoms with Crippen LogP contribution in [-0.4, -0.2) is 34.2 Å². The number of ether oxygens (including phenoxy) is 1. The minimum atomic E-state index is -1.04. The van der Waals surface area contributed by atoms with Crippen LogP contribution in [0, 0.1) is 12.7 Å². The first-order valence-corrected chi connectivity index (χ1v) is 13.1. The van der Waals surface area contributed by atoms with Gasteiger partial charge in [-0.3, -0.25) is 4.79 Å². The van der Waals surface area contributed by atoms with Crippen molar-refractivity contribution in [2.45, 2.75) is 45.9 Å². The van der Waals surface area contributed by atoms with E-state index in [1.165, 1.54) is 23.5 Å². The summed E-state index contributed by atoms with van der Waals surface area (Å²) >= 11 is 1.33. The molecule has 0 fully saturated rings. The van der Waals surface area contributed by atoms with Gasteiger partial charge < -0.3 is 15.2 Å². The van der Waals surface area contributed by atoms with Crippen molar-refractivity contribution in [3.63, 3.8) is 0 Å². The molecular formula is C30H29FN2O4S. The van der Waals surface area contributed by atoms with Gasteiger partial charge in [-0.05, 0) is 55.2 Å². The molecular weight excluding hydrogens is 503 g/mol. The van der Waals surface area contributed by atoms with Gasteiger partial charge in [-0.25, -0.2) is 14.2 Å². The molecule has 38 heavy (non-hydrogen) atoms. The van der Waals surface area contributed by atoms with E-state index in [9.17, 15) is 19.1 Å². The van der Waals surface area contributed by atoms with Gasteiger partial charge in [0.05, 0.1) is 11.8 Å². The van der Waals surface area contributed by atoms with Crippen LogP contribution in [0.25, 0.3) is 21.7 Å². The fourth-order valence-corrected chi connectivity index (χ4v) is 5.12. The Morgan fingerprint density at radius 2 is 1.74 bits per heavy atom. The van der Waals surface area contributed by atoms with Gasteiger partial charge in [0.25, 0.3) is 5.91 Å². The number of amides is 1. The molecule has 8 heteroatoms. The van der Waals surface area contributed by atoms with Crippen LogP contribution >= 0.6 is 11.3 Å². The Kier molecular flexibility index (Phi) is 8.66. The van der Waals surface area contributed by atoms with Crippen molar-refractivity contribution >= 4 is 23.2 Å². The SMILES string of the molecule is Cc1nc(-c2ccccc2)sc1C(=O)NCc1cc(CC(OC(C)C)C(=O)O)ccc1-c1ccc(F)cc1. The first-order chi connectivity index (χ1) is 18.2. The smallest absolute Gasteiger partial charge is 0.333 e. The summed E-state index contributed by atoms with van der Waals surface area (Å²) in [7, 11) is 0. The molecule has 4 aromatic rings. The van der Waals surface area contributed by atoms with E-state index in [-0.39, 0.29) is 30.8 Å². The van der Waals surface area contributed by atoms with Crippen molar-refractivity contribution in [2.24, 2.45) is 0 Å². The molecule has 1 heterocycles. The summed E-state index contributed by atoms with van der Waals surface area (Å²) in [6.07, 6.45) is -1.06. The molecule has 0 spiro atoms. The summed E-state index contributed by atoms with van der Waals surface area (Å²) in [5.74, 6) is -1.62. The lowest BCUT2D eigenvalue weighted by molar-refractivity contribution is -0.153. The fourth-order valence-electron chi connectivity index (χ4n) is 4.13. The number of rotatable bonds is 10. The molecule has 1 atom stereocenters. The summed E-state index contributed by atoms with van der Waals surface area (Å²) < 4.78 is 19.1. The molecule has 1 amide bonds. The maximum Gasteiger partial charge on any atom is 0.333 e. The standard InChI is InChI=1S/C30H29FN2O4S/c1-18(2)37-26(30(35)36)16-20-9-14-25(21-10-12-24(31)13-11-21)23(15-20)17-32-28(34)27-19(3)33-29(38-27)22-7-5-4-6-8-22/h4-15,18,26H,16-17H2,1-3H3,(H,32,34)(H,35,36). The quantitative estimate of drug-likeness (QED) is 0.251. The van der Waals surface area contributed by atoms with Gasteiger partial charge in [-0.2, -0.15) is 0 Å². The monoisotopic (exact) mass is 532 g/mol.